The summed E-state index contributed by atoms with van der Waals surface area (Å²) < 4.78 is 15.8. The molecule has 100 valence electrons. The van der Waals surface area contributed by atoms with Gasteiger partial charge in [-0.25, -0.2) is 4.39 Å². The lowest BCUT2D eigenvalue weighted by Crippen LogP contribution is -2.13. The van der Waals surface area contributed by atoms with Gasteiger partial charge in [0.25, 0.3) is 0 Å². The predicted molar refractivity (Wildman–Crippen MR) is 79.2 cm³/mol. The van der Waals surface area contributed by atoms with Crippen molar-refractivity contribution in [3.05, 3.63) is 74.7 Å². The Balaban J connectivity index is 2.11. The van der Waals surface area contributed by atoms with Crippen molar-refractivity contribution in [2.75, 3.05) is 0 Å². The smallest absolute Gasteiger partial charge is 0.207 e. The lowest BCUT2D eigenvalue weighted by Gasteiger charge is -2.09. The molecule has 0 fully saturated rings. The Labute approximate surface area is 122 Å². The zero-order valence-electron chi connectivity index (χ0n) is 10.4. The molecule has 0 radical (unpaired) electrons. The van der Waals surface area contributed by atoms with Crippen LogP contribution in [-0.2, 0) is 6.54 Å². The van der Waals surface area contributed by atoms with E-state index in [1.54, 1.807) is 10.7 Å². The quantitative estimate of drug-likeness (QED) is 0.721. The number of hydrogen-bond acceptors (Lipinski definition) is 2. The molecule has 0 bridgehead atoms. The molecule has 3 nitrogen and oxygen atoms in total. The fourth-order valence-electron chi connectivity index (χ4n) is 2.16. The molecule has 0 spiro atoms. The molecule has 0 amide bonds. The van der Waals surface area contributed by atoms with E-state index in [1.807, 2.05) is 24.3 Å². The van der Waals surface area contributed by atoms with Gasteiger partial charge in [-0.2, -0.15) is 5.10 Å². The van der Waals surface area contributed by atoms with Crippen molar-refractivity contribution in [3.63, 3.8) is 0 Å². The van der Waals surface area contributed by atoms with Gasteiger partial charge < -0.3 is 0 Å². The van der Waals surface area contributed by atoms with Crippen LogP contribution in [0.3, 0.4) is 0 Å². The van der Waals surface area contributed by atoms with Gasteiger partial charge in [-0.3, -0.25) is 9.48 Å². The lowest BCUT2D eigenvalue weighted by atomic mass is 10.2. The summed E-state index contributed by atoms with van der Waals surface area (Å²) in [7, 11) is 0. The van der Waals surface area contributed by atoms with Gasteiger partial charge in [-0.1, -0.05) is 28.1 Å². The molecule has 3 rings (SSSR count). The summed E-state index contributed by atoms with van der Waals surface area (Å²) in [6.45, 7) is 0.400. The molecule has 0 aliphatic carbocycles. The zero-order chi connectivity index (χ0) is 14.1. The van der Waals surface area contributed by atoms with Gasteiger partial charge in [0.1, 0.15) is 5.82 Å². The first-order chi connectivity index (χ1) is 9.63. The van der Waals surface area contributed by atoms with Crippen molar-refractivity contribution in [1.29, 1.82) is 0 Å². The first-order valence-electron chi connectivity index (χ1n) is 6.03. The van der Waals surface area contributed by atoms with Crippen LogP contribution < -0.4 is 5.43 Å². The highest BCUT2D eigenvalue weighted by atomic mass is 79.9. The largest absolute Gasteiger partial charge is 0.287 e. The minimum atomic E-state index is -0.306. The van der Waals surface area contributed by atoms with Crippen LogP contribution in [0.5, 0.6) is 0 Å². The zero-order valence-corrected chi connectivity index (χ0v) is 12.0. The minimum Gasteiger partial charge on any atom is -0.287 e. The molecule has 0 saturated carbocycles. The Hall–Kier alpha value is -2.01. The van der Waals surface area contributed by atoms with Crippen LogP contribution in [0.1, 0.15) is 5.56 Å². The fraction of sp³-hybridized carbons (Fsp3) is 0.0667. The SMILES string of the molecule is O=c1cnn(Cc2cc(F)cc(Br)c2)c2ccccc12. The molecule has 1 aromatic heterocycles. The van der Waals surface area contributed by atoms with E-state index in [1.165, 1.54) is 18.3 Å². The summed E-state index contributed by atoms with van der Waals surface area (Å²) in [6.07, 6.45) is 1.29. The summed E-state index contributed by atoms with van der Waals surface area (Å²) in [4.78, 5) is 11.7. The van der Waals surface area contributed by atoms with Crippen molar-refractivity contribution < 1.29 is 4.39 Å². The van der Waals surface area contributed by atoms with E-state index in [2.05, 4.69) is 21.0 Å². The highest BCUT2D eigenvalue weighted by molar-refractivity contribution is 9.10. The normalized spacial score (nSPS) is 10.9. The van der Waals surface area contributed by atoms with Crippen molar-refractivity contribution in [1.82, 2.24) is 9.78 Å². The van der Waals surface area contributed by atoms with Crippen LogP contribution in [-0.4, -0.2) is 9.78 Å². The first kappa shape index (κ1) is 13.0. The van der Waals surface area contributed by atoms with Crippen LogP contribution in [0.2, 0.25) is 0 Å². The van der Waals surface area contributed by atoms with E-state index in [0.29, 0.717) is 16.4 Å². The van der Waals surface area contributed by atoms with Gasteiger partial charge in [0, 0.05) is 9.86 Å². The van der Waals surface area contributed by atoms with Gasteiger partial charge in [-0.05, 0) is 35.9 Å². The molecule has 20 heavy (non-hydrogen) atoms. The van der Waals surface area contributed by atoms with E-state index in [9.17, 15) is 9.18 Å². The second-order valence-electron chi connectivity index (χ2n) is 4.46. The van der Waals surface area contributed by atoms with Crippen molar-refractivity contribution in [2.24, 2.45) is 0 Å². The Morgan fingerprint density at radius 3 is 2.80 bits per heavy atom. The lowest BCUT2D eigenvalue weighted by molar-refractivity contribution is 0.619. The Morgan fingerprint density at radius 1 is 1.20 bits per heavy atom. The highest BCUT2D eigenvalue weighted by Crippen LogP contribution is 2.17. The van der Waals surface area contributed by atoms with E-state index < -0.39 is 0 Å². The van der Waals surface area contributed by atoms with E-state index in [-0.39, 0.29) is 11.2 Å². The summed E-state index contributed by atoms with van der Waals surface area (Å²) >= 11 is 3.27. The molecule has 3 aromatic rings. The Kier molecular flexibility index (Phi) is 3.36. The topological polar surface area (TPSA) is 34.9 Å². The van der Waals surface area contributed by atoms with Crippen molar-refractivity contribution >= 4 is 26.8 Å². The Morgan fingerprint density at radius 2 is 2.00 bits per heavy atom. The van der Waals surface area contributed by atoms with Crippen LogP contribution in [0, 0.1) is 5.82 Å². The van der Waals surface area contributed by atoms with Gasteiger partial charge in [0.15, 0.2) is 0 Å². The average molecular weight is 333 g/mol. The molecular formula is C15H10BrFN2O. The van der Waals surface area contributed by atoms with Crippen LogP contribution in [0.15, 0.2) is 57.9 Å². The predicted octanol–water partition coefficient (Wildman–Crippen LogP) is 3.35. The van der Waals surface area contributed by atoms with Gasteiger partial charge in [0.2, 0.25) is 5.43 Å². The van der Waals surface area contributed by atoms with Crippen molar-refractivity contribution in [2.45, 2.75) is 6.54 Å². The van der Waals surface area contributed by atoms with E-state index in [0.717, 1.165) is 11.1 Å². The third kappa shape index (κ3) is 2.49. The summed E-state index contributed by atoms with van der Waals surface area (Å²) in [5.41, 5.74) is 1.40. The molecule has 0 N–H and O–H groups in total. The molecule has 0 aliphatic heterocycles. The Bertz CT molecular complexity index is 824. The maximum Gasteiger partial charge on any atom is 0.207 e. The van der Waals surface area contributed by atoms with Crippen molar-refractivity contribution in [3.8, 4) is 0 Å². The van der Waals surface area contributed by atoms with E-state index >= 15 is 0 Å². The summed E-state index contributed by atoms with van der Waals surface area (Å²) in [6, 6.07) is 11.9. The molecule has 0 aliphatic rings. The number of para-hydroxylation sites is 1. The van der Waals surface area contributed by atoms with E-state index in [4.69, 9.17) is 0 Å². The van der Waals surface area contributed by atoms with Crippen LogP contribution in [0.25, 0.3) is 10.9 Å². The number of nitrogens with zero attached hydrogens (tertiary/aromatic N) is 2. The summed E-state index contributed by atoms with van der Waals surface area (Å²) in [5, 5.41) is 4.74. The second-order valence-corrected chi connectivity index (χ2v) is 5.38. The summed E-state index contributed by atoms with van der Waals surface area (Å²) in [5.74, 6) is -0.306. The fourth-order valence-corrected chi connectivity index (χ4v) is 2.67. The van der Waals surface area contributed by atoms with Crippen LogP contribution in [0.4, 0.5) is 4.39 Å². The number of rotatable bonds is 2. The maximum atomic E-state index is 13.4. The number of halogens is 2. The highest BCUT2D eigenvalue weighted by Gasteiger charge is 2.05. The molecule has 5 heteroatoms. The number of hydrogen-bond donors (Lipinski definition) is 0. The molecule has 1 heterocycles. The third-order valence-corrected chi connectivity index (χ3v) is 3.47. The second kappa shape index (κ2) is 5.17. The molecule has 0 atom stereocenters. The minimum absolute atomic E-state index is 0.114. The molecule has 0 unspecified atom stereocenters. The molecule has 0 saturated heterocycles. The van der Waals surface area contributed by atoms with Gasteiger partial charge >= 0.3 is 0 Å². The van der Waals surface area contributed by atoms with Crippen LogP contribution >= 0.6 is 15.9 Å². The number of aromatic nitrogens is 2. The number of benzene rings is 2. The van der Waals surface area contributed by atoms with Gasteiger partial charge in [-0.15, -0.1) is 0 Å². The number of fused-ring (bicyclic) bond motifs is 1. The third-order valence-electron chi connectivity index (χ3n) is 3.02. The monoisotopic (exact) mass is 332 g/mol. The molecular weight excluding hydrogens is 323 g/mol. The average Bonchev–Trinajstić information content (AvgIpc) is 2.41. The maximum absolute atomic E-state index is 13.4. The molecule has 2 aromatic carbocycles. The first-order valence-corrected chi connectivity index (χ1v) is 6.82. The van der Waals surface area contributed by atoms with Gasteiger partial charge in [0.05, 0.1) is 18.3 Å². The standard InChI is InChI=1S/C15H10BrFN2O/c16-11-5-10(6-12(17)7-11)9-19-14-4-2-1-3-13(14)15(20)8-18-19/h1-8H,9H2.